The lowest BCUT2D eigenvalue weighted by Crippen LogP contribution is -2.37. The first kappa shape index (κ1) is 16.3. The van der Waals surface area contributed by atoms with E-state index >= 15 is 0 Å². The van der Waals surface area contributed by atoms with Crippen LogP contribution in [0.15, 0.2) is 29.3 Å². The Morgan fingerprint density at radius 3 is 2.96 bits per heavy atom. The Bertz CT molecular complexity index is 832. The number of aliphatic imine (C=N–C) groups is 1. The molecule has 0 bridgehead atoms. The molecule has 0 N–H and O–H groups in total. The van der Waals surface area contributed by atoms with Gasteiger partial charge in [0, 0.05) is 16.0 Å². The van der Waals surface area contributed by atoms with Crippen molar-refractivity contribution in [3.05, 3.63) is 29.3 Å². The number of hydrogen-bond donors (Lipinski definition) is 0. The Balaban J connectivity index is 2.01. The summed E-state index contributed by atoms with van der Waals surface area (Å²) in [5, 5.41) is 9.37. The van der Waals surface area contributed by atoms with E-state index in [0.717, 1.165) is 0 Å². The molecule has 23 heavy (non-hydrogen) atoms. The monoisotopic (exact) mass is 369 g/mol. The number of nitriles is 1. The number of halogens is 1. The van der Waals surface area contributed by atoms with Crippen molar-refractivity contribution >= 4 is 50.0 Å². The first-order valence-electron chi connectivity index (χ1n) is 6.80. The van der Waals surface area contributed by atoms with E-state index in [2.05, 4.69) is 4.99 Å². The van der Waals surface area contributed by atoms with Crippen molar-refractivity contribution in [3.8, 4) is 6.07 Å². The predicted octanol–water partition coefficient (Wildman–Crippen LogP) is 1.86. The van der Waals surface area contributed by atoms with Crippen LogP contribution in [0.25, 0.3) is 0 Å². The lowest BCUT2D eigenvalue weighted by molar-refractivity contribution is -0.116. The number of carbonyl (C=O) groups is 1. The van der Waals surface area contributed by atoms with Crippen LogP contribution in [0.3, 0.4) is 0 Å². The molecule has 9 heteroatoms. The molecule has 1 aromatic rings. The SMILES string of the molecule is N#CCC(=O)N=C1S[C@@H]2CS(=O)(=O)C[C@@H]2N1c1cccc(Cl)c1. The van der Waals surface area contributed by atoms with Crippen molar-refractivity contribution in [3.63, 3.8) is 0 Å². The van der Waals surface area contributed by atoms with Crippen LogP contribution in [0, 0.1) is 11.3 Å². The summed E-state index contributed by atoms with van der Waals surface area (Å²) in [7, 11) is -3.11. The van der Waals surface area contributed by atoms with Crippen LogP contribution in [0.4, 0.5) is 5.69 Å². The molecule has 1 amide bonds. The average molecular weight is 370 g/mol. The third-order valence-electron chi connectivity index (χ3n) is 3.60. The molecule has 3 rings (SSSR count). The van der Waals surface area contributed by atoms with Gasteiger partial charge in [0.1, 0.15) is 6.42 Å². The van der Waals surface area contributed by atoms with Crippen LogP contribution >= 0.6 is 23.4 Å². The molecule has 0 aliphatic carbocycles. The minimum Gasteiger partial charge on any atom is -0.316 e. The van der Waals surface area contributed by atoms with Crippen molar-refractivity contribution < 1.29 is 13.2 Å². The normalized spacial score (nSPS) is 27.0. The van der Waals surface area contributed by atoms with E-state index in [0.29, 0.717) is 15.9 Å². The summed E-state index contributed by atoms with van der Waals surface area (Å²) in [5.41, 5.74) is 0.693. The molecular formula is C14H12ClN3O3S2. The molecule has 120 valence electrons. The van der Waals surface area contributed by atoms with Gasteiger partial charge in [-0.2, -0.15) is 10.3 Å². The van der Waals surface area contributed by atoms with Gasteiger partial charge in [-0.1, -0.05) is 29.4 Å². The van der Waals surface area contributed by atoms with E-state index in [9.17, 15) is 13.2 Å². The highest BCUT2D eigenvalue weighted by Gasteiger charge is 2.49. The number of amidine groups is 1. The summed E-state index contributed by atoms with van der Waals surface area (Å²) in [5.74, 6) is -0.460. The van der Waals surface area contributed by atoms with Crippen molar-refractivity contribution in [2.45, 2.75) is 17.7 Å². The lowest BCUT2D eigenvalue weighted by Gasteiger charge is -2.24. The topological polar surface area (TPSA) is 90.6 Å². The summed E-state index contributed by atoms with van der Waals surface area (Å²) in [6.07, 6.45) is -0.304. The second-order valence-electron chi connectivity index (χ2n) is 5.27. The lowest BCUT2D eigenvalue weighted by atomic mass is 10.2. The molecule has 1 aromatic carbocycles. The van der Waals surface area contributed by atoms with E-state index in [1.54, 1.807) is 35.2 Å². The van der Waals surface area contributed by atoms with Crippen LogP contribution in [0.2, 0.25) is 5.02 Å². The average Bonchev–Trinajstić information content (AvgIpc) is 2.89. The highest BCUT2D eigenvalue weighted by atomic mass is 35.5. The van der Waals surface area contributed by atoms with Gasteiger partial charge in [0.2, 0.25) is 0 Å². The number of thioether (sulfide) groups is 1. The fourth-order valence-corrected chi connectivity index (χ4v) is 6.82. The standard InChI is InChI=1S/C14H12ClN3O3S2/c15-9-2-1-3-10(6-9)18-11-7-23(20,21)8-12(11)22-14(18)17-13(19)4-5-16/h1-3,6,11-12H,4,7-8H2/t11-,12+/m0/s1. The molecule has 0 radical (unpaired) electrons. The van der Waals surface area contributed by atoms with Gasteiger partial charge in [-0.3, -0.25) is 4.79 Å². The molecule has 2 heterocycles. The molecule has 2 aliphatic heterocycles. The van der Waals surface area contributed by atoms with E-state index < -0.39 is 15.7 Å². The maximum Gasteiger partial charge on any atom is 0.262 e. The summed E-state index contributed by atoms with van der Waals surface area (Å²) in [6, 6.07) is 8.47. The van der Waals surface area contributed by atoms with Crippen LogP contribution in [-0.4, -0.2) is 42.3 Å². The van der Waals surface area contributed by atoms with E-state index in [1.165, 1.54) is 11.8 Å². The molecule has 2 fully saturated rings. The first-order valence-corrected chi connectivity index (χ1v) is 9.88. The highest BCUT2D eigenvalue weighted by molar-refractivity contribution is 8.16. The molecule has 2 atom stereocenters. The number of benzene rings is 1. The number of hydrogen-bond acceptors (Lipinski definition) is 5. The Labute approximate surface area is 143 Å². The number of rotatable bonds is 2. The zero-order valence-corrected chi connectivity index (χ0v) is 14.2. The van der Waals surface area contributed by atoms with E-state index in [4.69, 9.17) is 16.9 Å². The maximum atomic E-state index is 11.9. The Morgan fingerprint density at radius 1 is 1.48 bits per heavy atom. The van der Waals surface area contributed by atoms with Gasteiger partial charge >= 0.3 is 0 Å². The van der Waals surface area contributed by atoms with Crippen LogP contribution < -0.4 is 4.90 Å². The quantitative estimate of drug-likeness (QED) is 0.790. The molecule has 0 aromatic heterocycles. The van der Waals surface area contributed by atoms with E-state index in [-0.39, 0.29) is 29.2 Å². The zero-order valence-electron chi connectivity index (χ0n) is 11.8. The van der Waals surface area contributed by atoms with Crippen molar-refractivity contribution in [1.82, 2.24) is 0 Å². The summed E-state index contributed by atoms with van der Waals surface area (Å²) in [6.45, 7) is 0. The smallest absolute Gasteiger partial charge is 0.262 e. The molecular weight excluding hydrogens is 358 g/mol. The second-order valence-corrected chi connectivity index (χ2v) is 9.07. The van der Waals surface area contributed by atoms with Gasteiger partial charge in [0.15, 0.2) is 15.0 Å². The summed E-state index contributed by atoms with van der Waals surface area (Å²) in [4.78, 5) is 17.4. The largest absolute Gasteiger partial charge is 0.316 e. The van der Waals surface area contributed by atoms with Gasteiger partial charge in [0.05, 0.1) is 23.6 Å². The van der Waals surface area contributed by atoms with Crippen LogP contribution in [0.1, 0.15) is 6.42 Å². The Kier molecular flexibility index (Phi) is 4.36. The Hall–Kier alpha value is -1.56. The number of carbonyl (C=O) groups excluding carboxylic acids is 1. The van der Waals surface area contributed by atoms with Gasteiger partial charge < -0.3 is 4.90 Å². The number of fused-ring (bicyclic) bond motifs is 1. The molecule has 0 spiro atoms. The van der Waals surface area contributed by atoms with Gasteiger partial charge in [-0.15, -0.1) is 0 Å². The summed E-state index contributed by atoms with van der Waals surface area (Å²) >= 11 is 7.29. The fraction of sp³-hybridized carbons (Fsp3) is 0.357. The molecule has 6 nitrogen and oxygen atoms in total. The first-order chi connectivity index (χ1) is 10.9. The number of anilines is 1. The molecule has 0 unspecified atom stereocenters. The molecule has 0 saturated carbocycles. The highest BCUT2D eigenvalue weighted by Crippen LogP contribution is 2.41. The van der Waals surface area contributed by atoms with Crippen LogP contribution in [0.5, 0.6) is 0 Å². The minimum atomic E-state index is -3.11. The van der Waals surface area contributed by atoms with Crippen molar-refractivity contribution in [2.24, 2.45) is 4.99 Å². The van der Waals surface area contributed by atoms with Gasteiger partial charge in [-0.25, -0.2) is 8.42 Å². The van der Waals surface area contributed by atoms with E-state index in [1.807, 2.05) is 0 Å². The fourth-order valence-electron chi connectivity index (χ4n) is 2.71. The zero-order chi connectivity index (χ0) is 16.6. The Morgan fingerprint density at radius 2 is 2.26 bits per heavy atom. The van der Waals surface area contributed by atoms with Gasteiger partial charge in [-0.05, 0) is 18.2 Å². The predicted molar refractivity (Wildman–Crippen MR) is 90.4 cm³/mol. The third-order valence-corrected chi connectivity index (χ3v) is 7.05. The molecule has 2 aliphatic rings. The number of amides is 1. The van der Waals surface area contributed by atoms with Gasteiger partial charge in [0.25, 0.3) is 5.91 Å². The third kappa shape index (κ3) is 3.37. The number of sulfone groups is 1. The van der Waals surface area contributed by atoms with Crippen molar-refractivity contribution in [1.29, 1.82) is 5.26 Å². The van der Waals surface area contributed by atoms with Crippen LogP contribution in [-0.2, 0) is 14.6 Å². The molecule has 2 saturated heterocycles. The number of nitrogens with zero attached hydrogens (tertiary/aromatic N) is 3. The summed E-state index contributed by atoms with van der Waals surface area (Å²) < 4.78 is 23.8. The minimum absolute atomic E-state index is 0.0165. The van der Waals surface area contributed by atoms with Crippen molar-refractivity contribution in [2.75, 3.05) is 16.4 Å². The maximum absolute atomic E-state index is 11.9. The second kappa shape index (κ2) is 6.15.